The highest BCUT2D eigenvalue weighted by Crippen LogP contribution is 2.17. The first-order valence-corrected chi connectivity index (χ1v) is 7.45. The molecule has 0 bridgehead atoms. The summed E-state index contributed by atoms with van der Waals surface area (Å²) in [4.78, 5) is 2.30. The van der Waals surface area contributed by atoms with E-state index in [4.69, 9.17) is 4.74 Å². The van der Waals surface area contributed by atoms with Crippen molar-refractivity contribution in [1.82, 2.24) is 0 Å². The molecule has 0 radical (unpaired) electrons. The SMILES string of the molecule is CCN(CC)c1ccc(NCC(O)COC(C)C)cc1. The van der Waals surface area contributed by atoms with Crippen molar-refractivity contribution in [3.05, 3.63) is 24.3 Å². The maximum absolute atomic E-state index is 9.78. The van der Waals surface area contributed by atoms with Crippen LogP contribution in [0.4, 0.5) is 11.4 Å². The van der Waals surface area contributed by atoms with Gasteiger partial charge in [-0.15, -0.1) is 0 Å². The summed E-state index contributed by atoms with van der Waals surface area (Å²) in [6.45, 7) is 11.1. The Morgan fingerprint density at radius 2 is 1.75 bits per heavy atom. The zero-order chi connectivity index (χ0) is 15.0. The fraction of sp³-hybridized carbons (Fsp3) is 0.625. The number of hydrogen-bond donors (Lipinski definition) is 2. The van der Waals surface area contributed by atoms with Crippen LogP contribution in [0.5, 0.6) is 0 Å². The van der Waals surface area contributed by atoms with Crippen LogP contribution < -0.4 is 10.2 Å². The minimum atomic E-state index is -0.486. The first-order chi connectivity index (χ1) is 9.56. The van der Waals surface area contributed by atoms with Gasteiger partial charge in [0.15, 0.2) is 0 Å². The Labute approximate surface area is 122 Å². The fourth-order valence-corrected chi connectivity index (χ4v) is 1.98. The van der Waals surface area contributed by atoms with E-state index in [0.717, 1.165) is 18.8 Å². The van der Waals surface area contributed by atoms with Gasteiger partial charge in [0.1, 0.15) is 0 Å². The summed E-state index contributed by atoms with van der Waals surface area (Å²) in [5, 5.41) is 13.0. The van der Waals surface area contributed by atoms with Crippen molar-refractivity contribution in [2.24, 2.45) is 0 Å². The molecule has 1 aromatic rings. The average Bonchev–Trinajstić information content (AvgIpc) is 2.45. The summed E-state index contributed by atoms with van der Waals surface area (Å²) in [5.74, 6) is 0. The highest BCUT2D eigenvalue weighted by atomic mass is 16.5. The van der Waals surface area contributed by atoms with Crippen molar-refractivity contribution in [1.29, 1.82) is 0 Å². The van der Waals surface area contributed by atoms with Crippen molar-refractivity contribution in [3.63, 3.8) is 0 Å². The Hall–Kier alpha value is -1.26. The summed E-state index contributed by atoms with van der Waals surface area (Å²) < 4.78 is 5.38. The number of aliphatic hydroxyl groups is 1. The predicted molar refractivity (Wildman–Crippen MR) is 85.6 cm³/mol. The van der Waals surface area contributed by atoms with E-state index in [1.165, 1.54) is 5.69 Å². The zero-order valence-corrected chi connectivity index (χ0v) is 13.1. The van der Waals surface area contributed by atoms with E-state index in [-0.39, 0.29) is 6.10 Å². The van der Waals surface area contributed by atoms with Crippen LogP contribution in [0, 0.1) is 0 Å². The molecule has 1 atom stereocenters. The average molecular weight is 280 g/mol. The van der Waals surface area contributed by atoms with Crippen molar-refractivity contribution >= 4 is 11.4 Å². The van der Waals surface area contributed by atoms with Gasteiger partial charge in [-0.25, -0.2) is 0 Å². The zero-order valence-electron chi connectivity index (χ0n) is 13.1. The molecule has 0 amide bonds. The van der Waals surface area contributed by atoms with Crippen molar-refractivity contribution in [2.75, 3.05) is 36.5 Å². The lowest BCUT2D eigenvalue weighted by Crippen LogP contribution is -2.26. The second-order valence-electron chi connectivity index (χ2n) is 5.14. The molecule has 0 aliphatic heterocycles. The maximum Gasteiger partial charge on any atom is 0.0945 e. The summed E-state index contributed by atoms with van der Waals surface area (Å²) in [6, 6.07) is 8.30. The van der Waals surface area contributed by atoms with Gasteiger partial charge in [-0.2, -0.15) is 0 Å². The molecule has 0 heterocycles. The summed E-state index contributed by atoms with van der Waals surface area (Å²) in [6.07, 6.45) is -0.335. The number of aliphatic hydroxyl groups excluding tert-OH is 1. The Kier molecular flexibility index (Phi) is 7.41. The molecule has 0 saturated heterocycles. The van der Waals surface area contributed by atoms with Crippen LogP contribution in [-0.2, 0) is 4.74 Å². The summed E-state index contributed by atoms with van der Waals surface area (Å²) in [5.41, 5.74) is 2.24. The molecule has 114 valence electrons. The first kappa shape index (κ1) is 16.8. The second kappa shape index (κ2) is 8.82. The van der Waals surface area contributed by atoms with Gasteiger partial charge < -0.3 is 20.1 Å². The summed E-state index contributed by atoms with van der Waals surface area (Å²) >= 11 is 0. The number of nitrogens with one attached hydrogen (secondary N) is 1. The van der Waals surface area contributed by atoms with E-state index in [1.54, 1.807) is 0 Å². The number of hydrogen-bond acceptors (Lipinski definition) is 4. The highest BCUT2D eigenvalue weighted by molar-refractivity contribution is 5.55. The Bertz CT molecular complexity index is 361. The predicted octanol–water partition coefficient (Wildman–Crippen LogP) is 2.73. The molecule has 0 saturated carbocycles. The van der Waals surface area contributed by atoms with Gasteiger partial charge in [0.25, 0.3) is 0 Å². The lowest BCUT2D eigenvalue weighted by Gasteiger charge is -2.21. The van der Waals surface area contributed by atoms with E-state index in [9.17, 15) is 5.11 Å². The monoisotopic (exact) mass is 280 g/mol. The van der Waals surface area contributed by atoms with E-state index in [0.29, 0.717) is 13.2 Å². The molecule has 1 unspecified atom stereocenters. The molecular formula is C16H28N2O2. The standard InChI is InChI=1S/C16H28N2O2/c1-5-18(6-2)15-9-7-14(8-10-15)17-11-16(19)12-20-13(3)4/h7-10,13,16-17,19H,5-6,11-12H2,1-4H3. The van der Waals surface area contributed by atoms with Crippen LogP contribution in [0.15, 0.2) is 24.3 Å². The van der Waals surface area contributed by atoms with Gasteiger partial charge >= 0.3 is 0 Å². The minimum absolute atomic E-state index is 0.151. The molecule has 0 aromatic heterocycles. The first-order valence-electron chi connectivity index (χ1n) is 7.45. The summed E-state index contributed by atoms with van der Waals surface area (Å²) in [7, 11) is 0. The fourth-order valence-electron chi connectivity index (χ4n) is 1.98. The molecule has 4 heteroatoms. The maximum atomic E-state index is 9.78. The molecule has 0 spiro atoms. The Morgan fingerprint density at radius 1 is 1.15 bits per heavy atom. The molecule has 20 heavy (non-hydrogen) atoms. The minimum Gasteiger partial charge on any atom is -0.389 e. The van der Waals surface area contributed by atoms with Gasteiger partial charge in [0, 0.05) is 31.0 Å². The van der Waals surface area contributed by atoms with Crippen LogP contribution >= 0.6 is 0 Å². The molecular weight excluding hydrogens is 252 g/mol. The highest BCUT2D eigenvalue weighted by Gasteiger charge is 2.06. The van der Waals surface area contributed by atoms with Crippen molar-refractivity contribution < 1.29 is 9.84 Å². The van der Waals surface area contributed by atoms with Gasteiger partial charge in [0.2, 0.25) is 0 Å². The van der Waals surface area contributed by atoms with Crippen molar-refractivity contribution in [3.8, 4) is 0 Å². The van der Waals surface area contributed by atoms with Crippen LogP contribution in [0.2, 0.25) is 0 Å². The largest absolute Gasteiger partial charge is 0.389 e. The van der Waals surface area contributed by atoms with Crippen LogP contribution in [0.1, 0.15) is 27.7 Å². The molecule has 4 nitrogen and oxygen atoms in total. The van der Waals surface area contributed by atoms with E-state index in [1.807, 2.05) is 26.0 Å². The topological polar surface area (TPSA) is 44.7 Å². The van der Waals surface area contributed by atoms with Crippen molar-refractivity contribution in [2.45, 2.75) is 39.9 Å². The molecule has 0 fully saturated rings. The van der Waals surface area contributed by atoms with E-state index >= 15 is 0 Å². The molecule has 1 aromatic carbocycles. The van der Waals surface area contributed by atoms with Gasteiger partial charge in [-0.3, -0.25) is 0 Å². The van der Waals surface area contributed by atoms with Gasteiger partial charge in [0.05, 0.1) is 18.8 Å². The normalized spacial score (nSPS) is 12.5. The number of nitrogens with zero attached hydrogens (tertiary/aromatic N) is 1. The van der Waals surface area contributed by atoms with Crippen LogP contribution in [-0.4, -0.2) is 43.6 Å². The van der Waals surface area contributed by atoms with Crippen LogP contribution in [0.3, 0.4) is 0 Å². The smallest absolute Gasteiger partial charge is 0.0945 e. The number of rotatable bonds is 9. The molecule has 0 aliphatic carbocycles. The van der Waals surface area contributed by atoms with E-state index < -0.39 is 6.10 Å². The lowest BCUT2D eigenvalue weighted by atomic mass is 10.2. The molecule has 2 N–H and O–H groups in total. The Balaban J connectivity index is 2.41. The number of ether oxygens (including phenoxy) is 1. The number of anilines is 2. The lowest BCUT2D eigenvalue weighted by molar-refractivity contribution is 0.0112. The molecule has 0 aliphatic rings. The van der Waals surface area contributed by atoms with Gasteiger partial charge in [-0.05, 0) is 52.0 Å². The number of benzene rings is 1. The third kappa shape index (κ3) is 5.80. The third-order valence-corrected chi connectivity index (χ3v) is 3.16. The van der Waals surface area contributed by atoms with E-state index in [2.05, 4.69) is 36.2 Å². The molecule has 1 rings (SSSR count). The second-order valence-corrected chi connectivity index (χ2v) is 5.14. The van der Waals surface area contributed by atoms with Crippen LogP contribution in [0.25, 0.3) is 0 Å². The van der Waals surface area contributed by atoms with Gasteiger partial charge in [-0.1, -0.05) is 0 Å². The quantitative estimate of drug-likeness (QED) is 0.730. The third-order valence-electron chi connectivity index (χ3n) is 3.16. The Morgan fingerprint density at radius 3 is 2.25 bits per heavy atom.